The maximum Gasteiger partial charge on any atom is 0.323 e. The first-order valence-corrected chi connectivity index (χ1v) is 5.17. The van der Waals surface area contributed by atoms with E-state index >= 15 is 0 Å². The Morgan fingerprint density at radius 3 is 1.83 bits per heavy atom. The van der Waals surface area contributed by atoms with Gasteiger partial charge in [-0.05, 0) is 0 Å². The zero-order valence-corrected chi connectivity index (χ0v) is 5.45. The number of hydrogen-bond donors (Lipinski definition) is 1. The van der Waals surface area contributed by atoms with Crippen LogP contribution in [0.1, 0.15) is 0 Å². The molecule has 1 unspecified atom stereocenters. The maximum atomic E-state index is 9.50. The van der Waals surface area contributed by atoms with Crippen LogP contribution >= 0.6 is 18.9 Å². The van der Waals surface area contributed by atoms with Crippen molar-refractivity contribution in [2.75, 3.05) is 0 Å². The molecule has 0 aromatic rings. The Hall–Kier alpha value is 0.690. The van der Waals surface area contributed by atoms with Crippen molar-refractivity contribution in [1.29, 1.82) is 0 Å². The van der Waals surface area contributed by atoms with E-state index in [4.69, 9.17) is 4.55 Å². The normalized spacial score (nSPS) is 11.7. The van der Waals surface area contributed by atoms with E-state index in [1.165, 1.54) is 0 Å². The van der Waals surface area contributed by atoms with Crippen molar-refractivity contribution in [3.8, 4) is 0 Å². The summed E-state index contributed by atoms with van der Waals surface area (Å²) in [7, 11) is -1.65. The summed E-state index contributed by atoms with van der Waals surface area (Å²) in [6.07, 6.45) is 0. The summed E-state index contributed by atoms with van der Waals surface area (Å²) in [4.78, 5) is 0. The van der Waals surface area contributed by atoms with Crippen LogP contribution in [0.25, 0.3) is 0 Å². The molecule has 0 bridgehead atoms. The fourth-order valence-electron chi connectivity index (χ4n) is 0. The summed E-state index contributed by atoms with van der Waals surface area (Å²) < 4.78 is 26.7. The van der Waals surface area contributed by atoms with Gasteiger partial charge in [-0.15, -0.1) is 0 Å². The molecule has 0 saturated carbocycles. The van der Waals surface area contributed by atoms with E-state index in [0.29, 0.717) is 10.4 Å². The number of hydrogen-bond acceptors (Lipinski definition) is 3. The Morgan fingerprint density at radius 2 is 1.83 bits per heavy atom. The first-order valence-electron chi connectivity index (χ1n) is 0.918. The van der Waals surface area contributed by atoms with Crippen LogP contribution in [0.2, 0.25) is 0 Å². The van der Waals surface area contributed by atoms with Crippen LogP contribution in [0.15, 0.2) is 0 Å². The molecular weight excluding hydrogens is 143 g/mol. The highest BCUT2D eigenvalue weighted by molar-refractivity contribution is 8.89. The zero-order valence-electron chi connectivity index (χ0n) is 2.66. The van der Waals surface area contributed by atoms with Crippen LogP contribution in [0, 0.1) is 0 Å². The second-order valence-corrected chi connectivity index (χ2v) is 5.14. The average Bonchev–Trinajstić information content (AvgIpc) is 1.35. The molecule has 0 aliphatic rings. The monoisotopic (exact) mass is 146 g/mol. The van der Waals surface area contributed by atoms with Crippen molar-refractivity contribution in [3.05, 3.63) is 0 Å². The standard InChI is InChI=1S/H3O3PS2/c1-6(2,3)5-4/h4H2,(H,1,2,3). The van der Waals surface area contributed by atoms with E-state index in [-0.39, 0.29) is 0 Å². The highest BCUT2D eigenvalue weighted by atomic mass is 33.3. The van der Waals surface area contributed by atoms with E-state index in [2.05, 4.69) is 0 Å². The van der Waals surface area contributed by atoms with Crippen molar-refractivity contribution in [1.82, 2.24) is 0 Å². The lowest BCUT2D eigenvalue weighted by Crippen LogP contribution is -1.81. The zero-order chi connectivity index (χ0) is 5.21. The molecular formula is H3O3PS2. The summed E-state index contributed by atoms with van der Waals surface area (Å²) in [6, 6.07) is 0. The van der Waals surface area contributed by atoms with E-state index in [1.807, 2.05) is 0 Å². The lowest BCUT2D eigenvalue weighted by Gasteiger charge is -1.78. The molecule has 0 aromatic heterocycles. The Bertz CT molecular complexity index is 111. The summed E-state index contributed by atoms with van der Waals surface area (Å²) in [5.41, 5.74) is 0. The Morgan fingerprint density at radius 1 is 1.67 bits per heavy atom. The van der Waals surface area contributed by atoms with Gasteiger partial charge < -0.3 is 0 Å². The van der Waals surface area contributed by atoms with Gasteiger partial charge in [-0.2, -0.15) is 8.42 Å². The molecule has 6 heteroatoms. The average molecular weight is 146 g/mol. The van der Waals surface area contributed by atoms with Gasteiger partial charge in [-0.3, -0.25) is 4.55 Å². The second kappa shape index (κ2) is 2.12. The minimum atomic E-state index is -3.78. The third-order valence-electron chi connectivity index (χ3n) is 0.122. The molecule has 0 aliphatic carbocycles. The van der Waals surface area contributed by atoms with Crippen LogP contribution in [0.4, 0.5) is 0 Å². The van der Waals surface area contributed by atoms with E-state index in [0.717, 1.165) is 0 Å². The Balaban J connectivity index is 3.85. The molecule has 38 valence electrons. The lowest BCUT2D eigenvalue weighted by molar-refractivity contribution is 0.503. The maximum absolute atomic E-state index is 9.50. The first-order chi connectivity index (χ1) is 2.56. The molecule has 0 rings (SSSR count). The van der Waals surface area contributed by atoms with Crippen LogP contribution in [0.3, 0.4) is 0 Å². The molecule has 0 saturated heterocycles. The third-order valence-corrected chi connectivity index (χ3v) is 3.28. The van der Waals surface area contributed by atoms with Gasteiger partial charge in [-0.1, -0.05) is 8.44 Å². The minimum absolute atomic E-state index is 0.326. The van der Waals surface area contributed by atoms with E-state index in [9.17, 15) is 8.42 Å². The van der Waals surface area contributed by atoms with Gasteiger partial charge >= 0.3 is 9.15 Å². The molecule has 3 nitrogen and oxygen atoms in total. The van der Waals surface area contributed by atoms with Gasteiger partial charge in [0.2, 0.25) is 0 Å². The van der Waals surface area contributed by atoms with E-state index in [1.54, 1.807) is 8.44 Å². The summed E-state index contributed by atoms with van der Waals surface area (Å²) in [6.45, 7) is 0. The molecule has 0 heterocycles. The van der Waals surface area contributed by atoms with Gasteiger partial charge in [0.05, 0.1) is 0 Å². The minimum Gasteiger partial charge on any atom is -0.277 e. The first kappa shape index (κ1) is 6.69. The van der Waals surface area contributed by atoms with Crippen LogP contribution in [0.5, 0.6) is 0 Å². The fourth-order valence-corrected chi connectivity index (χ4v) is 0. The highest BCUT2D eigenvalue weighted by Gasteiger charge is 1.95. The van der Waals surface area contributed by atoms with Crippen LogP contribution in [-0.4, -0.2) is 13.0 Å². The Kier molecular flexibility index (Phi) is 2.36. The summed E-state index contributed by atoms with van der Waals surface area (Å²) >= 11 is 0. The fraction of sp³-hybridized carbons (Fsp3) is 0. The van der Waals surface area contributed by atoms with E-state index < -0.39 is 9.15 Å². The topological polar surface area (TPSA) is 54.4 Å². The van der Waals surface area contributed by atoms with Crippen molar-refractivity contribution in [3.63, 3.8) is 0 Å². The molecule has 0 amide bonds. The summed E-state index contributed by atoms with van der Waals surface area (Å²) in [5, 5.41) is 0. The highest BCUT2D eigenvalue weighted by Crippen LogP contribution is 2.16. The largest absolute Gasteiger partial charge is 0.323 e. The molecule has 0 aromatic carbocycles. The SMILES string of the molecule is O=S(=O)(O)SP. The smallest absolute Gasteiger partial charge is 0.277 e. The lowest BCUT2D eigenvalue weighted by atomic mass is 15.9. The second-order valence-electron chi connectivity index (χ2n) is 0.524. The van der Waals surface area contributed by atoms with Gasteiger partial charge in [0.1, 0.15) is 0 Å². The third kappa shape index (κ3) is 4.69. The quantitative estimate of drug-likeness (QED) is 0.328. The van der Waals surface area contributed by atoms with Gasteiger partial charge in [0, 0.05) is 10.4 Å². The van der Waals surface area contributed by atoms with Crippen molar-refractivity contribution in [2.24, 2.45) is 0 Å². The van der Waals surface area contributed by atoms with Crippen LogP contribution < -0.4 is 0 Å². The molecule has 1 N–H and O–H groups in total. The molecule has 0 radical (unpaired) electrons. The molecule has 6 heavy (non-hydrogen) atoms. The molecule has 0 spiro atoms. The van der Waals surface area contributed by atoms with Crippen molar-refractivity contribution in [2.45, 2.75) is 0 Å². The van der Waals surface area contributed by atoms with Gasteiger partial charge in [0.25, 0.3) is 0 Å². The molecule has 0 fully saturated rings. The predicted octanol–water partition coefficient (Wildman–Crippen LogP) is 0.313. The number of rotatable bonds is 1. The Labute approximate surface area is 41.6 Å². The van der Waals surface area contributed by atoms with Crippen LogP contribution in [-0.2, 0) is 9.15 Å². The van der Waals surface area contributed by atoms with Crippen molar-refractivity contribution < 1.29 is 13.0 Å². The van der Waals surface area contributed by atoms with Gasteiger partial charge in [-0.25, -0.2) is 0 Å². The predicted molar refractivity (Wildman–Crippen MR) is 28.8 cm³/mol. The van der Waals surface area contributed by atoms with Crippen molar-refractivity contribution >= 4 is 28.0 Å². The molecule has 0 aliphatic heterocycles. The van der Waals surface area contributed by atoms with Gasteiger partial charge in [0.15, 0.2) is 0 Å². The molecule has 1 atom stereocenters. The summed E-state index contributed by atoms with van der Waals surface area (Å²) in [5.74, 6) is 0.